The smallest absolute Gasteiger partial charge is 0.0731 e. The van der Waals surface area contributed by atoms with Crippen molar-refractivity contribution in [2.24, 2.45) is 4.36 Å². The summed E-state index contributed by atoms with van der Waals surface area (Å²) in [5, 5.41) is 0.670. The van der Waals surface area contributed by atoms with Gasteiger partial charge in [0, 0.05) is 16.5 Å². The molecule has 0 saturated heterocycles. The fourth-order valence-electron chi connectivity index (χ4n) is 1.03. The van der Waals surface area contributed by atoms with Crippen molar-refractivity contribution in [2.45, 2.75) is 13.8 Å². The van der Waals surface area contributed by atoms with Gasteiger partial charge < -0.3 is 0 Å². The van der Waals surface area contributed by atoms with Gasteiger partial charge in [0.15, 0.2) is 0 Å². The molecular weight excluding hydrogens is 218 g/mol. The van der Waals surface area contributed by atoms with Crippen molar-refractivity contribution in [3.05, 3.63) is 29.3 Å². The van der Waals surface area contributed by atoms with E-state index in [1.165, 1.54) is 0 Å². The zero-order valence-corrected chi connectivity index (χ0v) is 9.94. The van der Waals surface area contributed by atoms with Crippen molar-refractivity contribution in [3.8, 4) is 0 Å². The Bertz CT molecular complexity index is 395. The number of hydrogen-bond donors (Lipinski definition) is 0. The maximum absolute atomic E-state index is 12.0. The van der Waals surface area contributed by atoms with Crippen molar-refractivity contribution < 1.29 is 4.21 Å². The summed E-state index contributed by atoms with van der Waals surface area (Å²) in [6.07, 6.45) is 0. The fraction of sp³-hybridized carbons (Fsp3) is 0.400. The lowest BCUT2D eigenvalue weighted by Gasteiger charge is -2.03. The summed E-state index contributed by atoms with van der Waals surface area (Å²) < 4.78 is 16.2. The van der Waals surface area contributed by atoms with E-state index in [4.69, 9.17) is 11.6 Å². The summed E-state index contributed by atoms with van der Waals surface area (Å²) in [6.45, 7) is 3.79. The van der Waals surface area contributed by atoms with Crippen LogP contribution in [0.15, 0.2) is 28.6 Å². The normalized spacial score (nSPS) is 11.4. The van der Waals surface area contributed by atoms with Crippen LogP contribution >= 0.6 is 11.6 Å². The van der Waals surface area contributed by atoms with Gasteiger partial charge in [0.25, 0.3) is 0 Å². The third kappa shape index (κ3) is 3.00. The van der Waals surface area contributed by atoms with E-state index >= 15 is 0 Å². The first-order chi connectivity index (χ1) is 6.59. The summed E-state index contributed by atoms with van der Waals surface area (Å²) in [4.78, 5) is 0. The van der Waals surface area contributed by atoms with Gasteiger partial charge >= 0.3 is 0 Å². The third-order valence-electron chi connectivity index (χ3n) is 2.00. The molecule has 0 bridgehead atoms. The quantitative estimate of drug-likeness (QED) is 0.783. The van der Waals surface area contributed by atoms with E-state index in [0.717, 1.165) is 5.69 Å². The minimum Gasteiger partial charge on any atom is -0.249 e. The molecule has 0 aliphatic rings. The maximum atomic E-state index is 12.0. The second-order valence-corrected chi connectivity index (χ2v) is 6.24. The predicted octanol–water partition coefficient (Wildman–Crippen LogP) is 3.48. The Kier molecular flexibility index (Phi) is 3.96. The Balaban J connectivity index is 3.08. The first kappa shape index (κ1) is 11.5. The number of halogens is 1. The van der Waals surface area contributed by atoms with Crippen LogP contribution in [0.4, 0.5) is 5.69 Å². The molecule has 0 N–H and O–H groups in total. The Morgan fingerprint density at radius 1 is 1.21 bits per heavy atom. The Labute approximate surface area is 90.5 Å². The molecule has 0 atom stereocenters. The number of hydrogen-bond acceptors (Lipinski definition) is 2. The van der Waals surface area contributed by atoms with E-state index in [-0.39, 0.29) is 0 Å². The molecule has 1 rings (SSSR count). The van der Waals surface area contributed by atoms with E-state index in [1.807, 2.05) is 13.8 Å². The first-order valence-corrected chi connectivity index (χ1v) is 6.81. The number of benzene rings is 1. The minimum absolute atomic E-state index is 0.589. The highest BCUT2D eigenvalue weighted by Crippen LogP contribution is 2.18. The van der Waals surface area contributed by atoms with Crippen LogP contribution in [0.25, 0.3) is 0 Å². The Morgan fingerprint density at radius 3 is 2.14 bits per heavy atom. The molecule has 1 aromatic carbocycles. The summed E-state index contributed by atoms with van der Waals surface area (Å²) in [5.41, 5.74) is 0.739. The molecule has 1 aromatic rings. The molecule has 0 aliphatic heterocycles. The second kappa shape index (κ2) is 4.80. The molecular formula is C10H14ClNOS. The van der Waals surface area contributed by atoms with E-state index in [9.17, 15) is 4.21 Å². The van der Waals surface area contributed by atoms with Gasteiger partial charge in [0.1, 0.15) is 0 Å². The van der Waals surface area contributed by atoms with Crippen LogP contribution in [0.1, 0.15) is 13.8 Å². The molecule has 14 heavy (non-hydrogen) atoms. The summed E-state index contributed by atoms with van der Waals surface area (Å²) in [6, 6.07) is 7.08. The van der Waals surface area contributed by atoms with Crippen molar-refractivity contribution in [3.63, 3.8) is 0 Å². The van der Waals surface area contributed by atoms with Crippen LogP contribution in [-0.2, 0) is 9.73 Å². The van der Waals surface area contributed by atoms with Gasteiger partial charge in [-0.25, -0.2) is 4.21 Å². The van der Waals surface area contributed by atoms with Crippen LogP contribution in [0, 0.1) is 0 Å². The molecule has 2 nitrogen and oxygen atoms in total. The highest BCUT2D eigenvalue weighted by molar-refractivity contribution is 7.93. The average Bonchev–Trinajstić information content (AvgIpc) is 2.21. The minimum atomic E-state index is -2.05. The lowest BCUT2D eigenvalue weighted by atomic mass is 10.3. The molecule has 78 valence electrons. The SMILES string of the molecule is CCS(=O)(CC)=Nc1ccc(Cl)cc1. The lowest BCUT2D eigenvalue weighted by Crippen LogP contribution is -2.04. The Hall–Kier alpha value is -0.540. The average molecular weight is 232 g/mol. The van der Waals surface area contributed by atoms with Gasteiger partial charge in [-0.15, -0.1) is 0 Å². The van der Waals surface area contributed by atoms with Gasteiger partial charge in [0.05, 0.1) is 15.4 Å². The largest absolute Gasteiger partial charge is 0.249 e. The van der Waals surface area contributed by atoms with Crippen LogP contribution in [-0.4, -0.2) is 15.7 Å². The molecule has 0 fully saturated rings. The zero-order valence-electron chi connectivity index (χ0n) is 8.37. The van der Waals surface area contributed by atoms with Crippen LogP contribution in [0.2, 0.25) is 5.02 Å². The summed E-state index contributed by atoms with van der Waals surface area (Å²) >= 11 is 5.74. The van der Waals surface area contributed by atoms with E-state index in [2.05, 4.69) is 4.36 Å². The molecule has 0 heterocycles. The van der Waals surface area contributed by atoms with Crippen LogP contribution in [0.3, 0.4) is 0 Å². The standard InChI is InChI=1S/C10H14ClNOS/c1-3-14(13,4-2)12-10-7-5-9(11)6-8-10/h5-8H,3-4H2,1-2H3. The maximum Gasteiger partial charge on any atom is 0.0731 e. The fourth-order valence-corrected chi connectivity index (χ4v) is 2.33. The van der Waals surface area contributed by atoms with Crippen molar-refractivity contribution in [2.75, 3.05) is 11.5 Å². The third-order valence-corrected chi connectivity index (χ3v) is 4.60. The first-order valence-electron chi connectivity index (χ1n) is 4.57. The number of nitrogens with zero attached hydrogens (tertiary/aromatic N) is 1. The Morgan fingerprint density at radius 2 is 1.71 bits per heavy atom. The molecule has 0 saturated carbocycles. The van der Waals surface area contributed by atoms with Gasteiger partial charge in [-0.05, 0) is 24.3 Å². The highest BCUT2D eigenvalue weighted by atomic mass is 35.5. The molecule has 0 radical (unpaired) electrons. The lowest BCUT2D eigenvalue weighted by molar-refractivity contribution is 0.678. The van der Waals surface area contributed by atoms with Crippen LogP contribution in [0.5, 0.6) is 0 Å². The molecule has 0 spiro atoms. The van der Waals surface area contributed by atoms with E-state index < -0.39 is 9.73 Å². The predicted molar refractivity (Wildman–Crippen MR) is 62.8 cm³/mol. The van der Waals surface area contributed by atoms with Gasteiger partial charge in [-0.3, -0.25) is 0 Å². The van der Waals surface area contributed by atoms with E-state index in [0.29, 0.717) is 16.5 Å². The summed E-state index contributed by atoms with van der Waals surface area (Å²) in [7, 11) is -2.05. The zero-order chi connectivity index (χ0) is 10.6. The van der Waals surface area contributed by atoms with Gasteiger partial charge in [0.2, 0.25) is 0 Å². The van der Waals surface area contributed by atoms with Crippen molar-refractivity contribution in [1.29, 1.82) is 0 Å². The molecule has 0 amide bonds. The topological polar surface area (TPSA) is 29.4 Å². The number of rotatable bonds is 3. The molecule has 0 aliphatic carbocycles. The van der Waals surface area contributed by atoms with Crippen molar-refractivity contribution >= 4 is 27.0 Å². The van der Waals surface area contributed by atoms with Crippen molar-refractivity contribution in [1.82, 2.24) is 0 Å². The monoisotopic (exact) mass is 231 g/mol. The summed E-state index contributed by atoms with van der Waals surface area (Å²) in [5.74, 6) is 1.18. The second-order valence-electron chi connectivity index (χ2n) is 2.92. The molecule has 4 heteroatoms. The van der Waals surface area contributed by atoms with Crippen LogP contribution < -0.4 is 0 Å². The van der Waals surface area contributed by atoms with Gasteiger partial charge in [-0.2, -0.15) is 4.36 Å². The van der Waals surface area contributed by atoms with E-state index in [1.54, 1.807) is 24.3 Å². The molecule has 0 unspecified atom stereocenters. The van der Waals surface area contributed by atoms with Gasteiger partial charge in [-0.1, -0.05) is 25.4 Å². The molecule has 0 aromatic heterocycles. The highest BCUT2D eigenvalue weighted by Gasteiger charge is 2.02.